The summed E-state index contributed by atoms with van der Waals surface area (Å²) in [6, 6.07) is 0.0383. The zero-order valence-electron chi connectivity index (χ0n) is 6.80. The van der Waals surface area contributed by atoms with E-state index in [0.29, 0.717) is 0 Å². The van der Waals surface area contributed by atoms with E-state index in [-0.39, 0.29) is 12.1 Å². The number of hydrogen-bond acceptors (Lipinski definition) is 3. The van der Waals surface area contributed by atoms with E-state index in [4.69, 9.17) is 4.74 Å². The molecule has 0 radical (unpaired) electrons. The number of ether oxygens (including phenoxy) is 1. The topological polar surface area (TPSA) is 55.0 Å². The highest BCUT2D eigenvalue weighted by Crippen LogP contribution is 1.99. The van der Waals surface area contributed by atoms with Crippen molar-refractivity contribution in [2.24, 2.45) is 0 Å². The van der Waals surface area contributed by atoms with Gasteiger partial charge in [-0.3, -0.25) is 9.78 Å². The second kappa shape index (κ2) is 3.34. The number of aromatic amines is 1. The third-order valence-electron chi connectivity index (χ3n) is 1.08. The first-order valence-corrected chi connectivity index (χ1v) is 3.51. The molecule has 1 N–H and O–H groups in total. The van der Waals surface area contributed by atoms with Crippen molar-refractivity contribution in [1.82, 2.24) is 9.97 Å². The SMILES string of the molecule is CC(C)Oc1ncc(F)c(=O)[nH]1. The van der Waals surface area contributed by atoms with Crippen LogP contribution >= 0.6 is 0 Å². The molecule has 0 fully saturated rings. The van der Waals surface area contributed by atoms with Crippen molar-refractivity contribution in [2.45, 2.75) is 20.0 Å². The minimum absolute atomic E-state index is 0.0383. The first-order chi connectivity index (χ1) is 5.59. The first kappa shape index (κ1) is 8.70. The maximum absolute atomic E-state index is 12.4. The van der Waals surface area contributed by atoms with Gasteiger partial charge in [0.15, 0.2) is 0 Å². The molecule has 4 nitrogen and oxygen atoms in total. The Hall–Kier alpha value is -1.39. The number of aromatic nitrogens is 2. The molecule has 1 rings (SSSR count). The Bertz CT molecular complexity index is 321. The molecule has 1 aromatic rings. The van der Waals surface area contributed by atoms with E-state index in [1.807, 2.05) is 0 Å². The molecule has 0 atom stereocenters. The summed E-state index contributed by atoms with van der Waals surface area (Å²) >= 11 is 0. The fourth-order valence-electron chi connectivity index (χ4n) is 0.646. The summed E-state index contributed by atoms with van der Waals surface area (Å²) in [5.41, 5.74) is -0.819. The van der Waals surface area contributed by atoms with Crippen LogP contribution in [0.5, 0.6) is 6.01 Å². The maximum Gasteiger partial charge on any atom is 0.296 e. The molecule has 12 heavy (non-hydrogen) atoms. The van der Waals surface area contributed by atoms with Gasteiger partial charge in [-0.2, -0.15) is 4.39 Å². The van der Waals surface area contributed by atoms with E-state index in [9.17, 15) is 9.18 Å². The van der Waals surface area contributed by atoms with E-state index in [1.54, 1.807) is 13.8 Å². The van der Waals surface area contributed by atoms with Crippen LogP contribution in [0.1, 0.15) is 13.8 Å². The quantitative estimate of drug-likeness (QED) is 0.714. The van der Waals surface area contributed by atoms with E-state index >= 15 is 0 Å². The van der Waals surface area contributed by atoms with Crippen LogP contribution in [-0.4, -0.2) is 16.1 Å². The third-order valence-corrected chi connectivity index (χ3v) is 1.08. The number of H-pyrrole nitrogens is 1. The summed E-state index contributed by atoms with van der Waals surface area (Å²) in [5, 5.41) is 0. The molecular weight excluding hydrogens is 163 g/mol. The smallest absolute Gasteiger partial charge is 0.296 e. The van der Waals surface area contributed by atoms with Gasteiger partial charge in [-0.1, -0.05) is 0 Å². The number of rotatable bonds is 2. The van der Waals surface area contributed by atoms with Gasteiger partial charge >= 0.3 is 0 Å². The lowest BCUT2D eigenvalue weighted by atomic mass is 10.5. The van der Waals surface area contributed by atoms with Crippen molar-refractivity contribution < 1.29 is 9.13 Å². The lowest BCUT2D eigenvalue weighted by Gasteiger charge is -2.06. The molecule has 0 aliphatic carbocycles. The van der Waals surface area contributed by atoms with Crippen LogP contribution in [0, 0.1) is 5.82 Å². The minimum Gasteiger partial charge on any atom is -0.462 e. The van der Waals surface area contributed by atoms with E-state index in [2.05, 4.69) is 9.97 Å². The van der Waals surface area contributed by atoms with Crippen molar-refractivity contribution in [3.05, 3.63) is 22.4 Å². The van der Waals surface area contributed by atoms with Gasteiger partial charge in [-0.15, -0.1) is 0 Å². The Kier molecular flexibility index (Phi) is 2.42. The molecule has 0 saturated carbocycles. The van der Waals surface area contributed by atoms with E-state index in [1.165, 1.54) is 0 Å². The van der Waals surface area contributed by atoms with Crippen LogP contribution in [0.15, 0.2) is 11.0 Å². The van der Waals surface area contributed by atoms with E-state index < -0.39 is 11.4 Å². The predicted octanol–water partition coefficient (Wildman–Crippen LogP) is 0.696. The molecule has 5 heteroatoms. The van der Waals surface area contributed by atoms with Crippen molar-refractivity contribution in [1.29, 1.82) is 0 Å². The highest BCUT2D eigenvalue weighted by Gasteiger charge is 2.02. The molecule has 0 bridgehead atoms. The lowest BCUT2D eigenvalue weighted by Crippen LogP contribution is -2.16. The maximum atomic E-state index is 12.4. The van der Waals surface area contributed by atoms with Gasteiger partial charge in [0.05, 0.1) is 12.3 Å². The van der Waals surface area contributed by atoms with Crippen LogP contribution in [0.25, 0.3) is 0 Å². The van der Waals surface area contributed by atoms with Gasteiger partial charge in [-0.25, -0.2) is 4.98 Å². The Labute approximate surface area is 68.4 Å². The molecule has 0 spiro atoms. The molecule has 66 valence electrons. The minimum atomic E-state index is -0.911. The molecule has 0 unspecified atom stereocenters. The Balaban J connectivity index is 2.90. The molecule has 1 heterocycles. The first-order valence-electron chi connectivity index (χ1n) is 3.51. The average Bonchev–Trinajstić information content (AvgIpc) is 1.96. The van der Waals surface area contributed by atoms with Crippen molar-refractivity contribution in [2.75, 3.05) is 0 Å². The summed E-state index contributed by atoms with van der Waals surface area (Å²) in [4.78, 5) is 16.3. The fourth-order valence-corrected chi connectivity index (χ4v) is 0.646. The normalized spacial score (nSPS) is 10.3. The summed E-state index contributed by atoms with van der Waals surface area (Å²) in [6.07, 6.45) is 0.731. The highest BCUT2D eigenvalue weighted by atomic mass is 19.1. The molecule has 0 saturated heterocycles. The van der Waals surface area contributed by atoms with Gasteiger partial charge in [0.25, 0.3) is 11.6 Å². The highest BCUT2D eigenvalue weighted by molar-refractivity contribution is 4.96. The molecule has 0 amide bonds. The zero-order chi connectivity index (χ0) is 9.14. The predicted molar refractivity (Wildman–Crippen MR) is 40.6 cm³/mol. The average molecular weight is 172 g/mol. The molecule has 0 aromatic carbocycles. The van der Waals surface area contributed by atoms with Crippen LogP contribution in [0.3, 0.4) is 0 Å². The van der Waals surface area contributed by atoms with Crippen LogP contribution < -0.4 is 10.3 Å². The molecular formula is C7H9FN2O2. The summed E-state index contributed by atoms with van der Waals surface area (Å²) in [6.45, 7) is 3.56. The van der Waals surface area contributed by atoms with Gasteiger partial charge < -0.3 is 4.74 Å². The monoisotopic (exact) mass is 172 g/mol. The van der Waals surface area contributed by atoms with Crippen molar-refractivity contribution in [3.63, 3.8) is 0 Å². The fraction of sp³-hybridized carbons (Fsp3) is 0.429. The third kappa shape index (κ3) is 2.05. The van der Waals surface area contributed by atoms with Gasteiger partial charge in [0, 0.05) is 0 Å². The van der Waals surface area contributed by atoms with Gasteiger partial charge in [0.1, 0.15) is 0 Å². The van der Waals surface area contributed by atoms with Crippen molar-refractivity contribution in [3.8, 4) is 6.01 Å². The number of nitrogens with zero attached hydrogens (tertiary/aromatic N) is 1. The molecule has 1 aromatic heterocycles. The molecule has 0 aliphatic heterocycles. The Morgan fingerprint density at radius 2 is 2.33 bits per heavy atom. The Morgan fingerprint density at radius 3 is 2.83 bits per heavy atom. The Morgan fingerprint density at radius 1 is 1.67 bits per heavy atom. The lowest BCUT2D eigenvalue weighted by molar-refractivity contribution is 0.220. The van der Waals surface area contributed by atoms with Gasteiger partial charge in [0.2, 0.25) is 5.82 Å². The standard InChI is InChI=1S/C7H9FN2O2/c1-4(2)12-7-9-3-5(8)6(11)10-7/h3-4H,1-2H3,(H,9,10,11). The van der Waals surface area contributed by atoms with Crippen LogP contribution in [0.2, 0.25) is 0 Å². The second-order valence-corrected chi connectivity index (χ2v) is 2.53. The second-order valence-electron chi connectivity index (χ2n) is 2.53. The largest absolute Gasteiger partial charge is 0.462 e. The number of hydrogen-bond donors (Lipinski definition) is 1. The zero-order valence-corrected chi connectivity index (χ0v) is 6.80. The van der Waals surface area contributed by atoms with Crippen molar-refractivity contribution >= 4 is 0 Å². The molecule has 0 aliphatic rings. The van der Waals surface area contributed by atoms with Crippen LogP contribution in [-0.2, 0) is 0 Å². The summed E-state index contributed by atoms with van der Waals surface area (Å²) in [5.74, 6) is -0.911. The number of nitrogens with one attached hydrogen (secondary N) is 1. The summed E-state index contributed by atoms with van der Waals surface area (Å²) in [7, 11) is 0. The summed E-state index contributed by atoms with van der Waals surface area (Å²) < 4.78 is 17.4. The van der Waals surface area contributed by atoms with E-state index in [0.717, 1.165) is 6.20 Å². The van der Waals surface area contributed by atoms with Gasteiger partial charge in [-0.05, 0) is 13.8 Å². The number of halogens is 1. The van der Waals surface area contributed by atoms with Crippen LogP contribution in [0.4, 0.5) is 4.39 Å².